The molecule has 0 aliphatic carbocycles. The molecule has 6 heteroatoms. The Labute approximate surface area is 153 Å². The molecule has 1 saturated heterocycles. The van der Waals surface area contributed by atoms with E-state index in [0.29, 0.717) is 24.2 Å². The lowest BCUT2D eigenvalue weighted by molar-refractivity contribution is 0.261. The smallest absolute Gasteiger partial charge is 0.241 e. The molecular formula is C20H23N5O. The van der Waals surface area contributed by atoms with Gasteiger partial charge in [0.05, 0.1) is 6.54 Å². The molecule has 1 aliphatic rings. The summed E-state index contributed by atoms with van der Waals surface area (Å²) in [5.74, 6) is 2.89. The Bertz CT molecular complexity index is 848. The highest BCUT2D eigenvalue weighted by molar-refractivity contribution is 5.53. The molecule has 1 fully saturated rings. The Hall–Kier alpha value is -2.73. The fourth-order valence-electron chi connectivity index (χ4n) is 3.32. The molecule has 1 aliphatic heterocycles. The molecule has 1 atom stereocenters. The average molecular weight is 349 g/mol. The lowest BCUT2D eigenvalue weighted by atomic mass is 10.1. The minimum Gasteiger partial charge on any atom is -0.370 e. The molecule has 4 rings (SSSR count). The predicted molar refractivity (Wildman–Crippen MR) is 101 cm³/mol. The maximum atomic E-state index is 5.43. The molecule has 1 N–H and O–H groups in total. The molecule has 26 heavy (non-hydrogen) atoms. The van der Waals surface area contributed by atoms with E-state index in [1.807, 2.05) is 42.6 Å². The molecule has 3 aromatic rings. The quantitative estimate of drug-likeness (QED) is 0.736. The van der Waals surface area contributed by atoms with Gasteiger partial charge in [-0.05, 0) is 43.5 Å². The summed E-state index contributed by atoms with van der Waals surface area (Å²) in [4.78, 5) is 11.3. The van der Waals surface area contributed by atoms with E-state index in [2.05, 4.69) is 38.3 Å². The van der Waals surface area contributed by atoms with Gasteiger partial charge in [-0.25, -0.2) is 4.98 Å². The molecule has 0 radical (unpaired) electrons. The zero-order valence-corrected chi connectivity index (χ0v) is 14.9. The van der Waals surface area contributed by atoms with Crippen molar-refractivity contribution in [1.29, 1.82) is 0 Å². The molecule has 0 unspecified atom stereocenters. The van der Waals surface area contributed by atoms with Gasteiger partial charge in [-0.2, -0.15) is 4.98 Å². The molecule has 0 bridgehead atoms. The van der Waals surface area contributed by atoms with Gasteiger partial charge in [-0.3, -0.25) is 4.90 Å². The largest absolute Gasteiger partial charge is 0.370 e. The summed E-state index contributed by atoms with van der Waals surface area (Å²) in [7, 11) is 0. The molecule has 1 aromatic carbocycles. The van der Waals surface area contributed by atoms with Crippen molar-refractivity contribution in [2.45, 2.75) is 19.9 Å². The summed E-state index contributed by atoms with van der Waals surface area (Å²) >= 11 is 0. The first-order valence-electron chi connectivity index (χ1n) is 9.03. The van der Waals surface area contributed by atoms with Crippen LogP contribution in [0, 0.1) is 12.8 Å². The SMILES string of the molecule is Cc1ccnc(NC[C@H]2CCN(Cc3nc(-c4ccccc4)no3)C2)c1. The lowest BCUT2D eigenvalue weighted by Crippen LogP contribution is -2.23. The van der Waals surface area contributed by atoms with Crippen LogP contribution in [-0.2, 0) is 6.54 Å². The van der Waals surface area contributed by atoms with Gasteiger partial charge in [0.25, 0.3) is 0 Å². The van der Waals surface area contributed by atoms with Crippen molar-refractivity contribution < 1.29 is 4.52 Å². The Morgan fingerprint density at radius 1 is 1.23 bits per heavy atom. The van der Waals surface area contributed by atoms with Crippen LogP contribution >= 0.6 is 0 Å². The van der Waals surface area contributed by atoms with Crippen LogP contribution in [0.15, 0.2) is 53.2 Å². The average Bonchev–Trinajstić information content (AvgIpc) is 3.31. The minimum absolute atomic E-state index is 0.605. The van der Waals surface area contributed by atoms with Crippen molar-refractivity contribution in [3.05, 3.63) is 60.1 Å². The van der Waals surface area contributed by atoms with Gasteiger partial charge in [0.2, 0.25) is 11.7 Å². The molecule has 6 nitrogen and oxygen atoms in total. The monoisotopic (exact) mass is 349 g/mol. The number of likely N-dealkylation sites (tertiary alicyclic amines) is 1. The van der Waals surface area contributed by atoms with Crippen molar-refractivity contribution in [1.82, 2.24) is 20.0 Å². The highest BCUT2D eigenvalue weighted by Gasteiger charge is 2.24. The normalized spacial score (nSPS) is 17.5. The third kappa shape index (κ3) is 4.08. The molecule has 3 heterocycles. The number of hydrogen-bond acceptors (Lipinski definition) is 6. The van der Waals surface area contributed by atoms with E-state index in [1.54, 1.807) is 0 Å². The first-order chi connectivity index (χ1) is 12.8. The van der Waals surface area contributed by atoms with Crippen LogP contribution in [0.5, 0.6) is 0 Å². The van der Waals surface area contributed by atoms with Gasteiger partial charge in [-0.1, -0.05) is 35.5 Å². The Balaban J connectivity index is 1.29. The number of rotatable bonds is 6. The van der Waals surface area contributed by atoms with Crippen molar-refractivity contribution in [2.24, 2.45) is 5.92 Å². The third-order valence-electron chi connectivity index (χ3n) is 4.72. The van der Waals surface area contributed by atoms with Crippen LogP contribution in [0.2, 0.25) is 0 Å². The number of hydrogen-bond donors (Lipinski definition) is 1. The maximum absolute atomic E-state index is 5.43. The molecule has 0 amide bonds. The number of nitrogens with zero attached hydrogens (tertiary/aromatic N) is 4. The van der Waals surface area contributed by atoms with Crippen LogP contribution in [-0.4, -0.2) is 39.7 Å². The number of nitrogens with one attached hydrogen (secondary N) is 1. The molecule has 2 aromatic heterocycles. The summed E-state index contributed by atoms with van der Waals surface area (Å²) in [5, 5.41) is 7.55. The fraction of sp³-hybridized carbons (Fsp3) is 0.350. The van der Waals surface area contributed by atoms with Crippen LogP contribution in [0.3, 0.4) is 0 Å². The highest BCUT2D eigenvalue weighted by atomic mass is 16.5. The molecule has 0 saturated carbocycles. The van der Waals surface area contributed by atoms with E-state index < -0.39 is 0 Å². The number of aryl methyl sites for hydroxylation is 1. The molecule has 0 spiro atoms. The second-order valence-corrected chi connectivity index (χ2v) is 6.87. The van der Waals surface area contributed by atoms with Crippen LogP contribution in [0.1, 0.15) is 17.9 Å². The Morgan fingerprint density at radius 3 is 2.96 bits per heavy atom. The van der Waals surface area contributed by atoms with E-state index in [4.69, 9.17) is 4.52 Å². The third-order valence-corrected chi connectivity index (χ3v) is 4.72. The standard InChI is InChI=1S/C20H23N5O/c1-15-7-9-21-18(11-15)22-12-16-8-10-25(13-16)14-19-23-20(24-26-19)17-5-3-2-4-6-17/h2-7,9,11,16H,8,10,12-14H2,1H3,(H,21,22)/t16-/m1/s1. The van der Waals surface area contributed by atoms with Crippen molar-refractivity contribution >= 4 is 5.82 Å². The van der Waals surface area contributed by atoms with Gasteiger partial charge in [0, 0.05) is 24.8 Å². The topological polar surface area (TPSA) is 67.1 Å². The van der Waals surface area contributed by atoms with Crippen molar-refractivity contribution in [3.63, 3.8) is 0 Å². The second-order valence-electron chi connectivity index (χ2n) is 6.87. The Morgan fingerprint density at radius 2 is 2.12 bits per heavy atom. The van der Waals surface area contributed by atoms with Gasteiger partial charge in [0.1, 0.15) is 5.82 Å². The zero-order valence-electron chi connectivity index (χ0n) is 14.9. The van der Waals surface area contributed by atoms with Gasteiger partial charge < -0.3 is 9.84 Å². The summed E-state index contributed by atoms with van der Waals surface area (Å²) in [6.07, 6.45) is 3.01. The van der Waals surface area contributed by atoms with E-state index in [-0.39, 0.29) is 0 Å². The van der Waals surface area contributed by atoms with Gasteiger partial charge in [-0.15, -0.1) is 0 Å². The van der Waals surface area contributed by atoms with Crippen LogP contribution in [0.4, 0.5) is 5.82 Å². The van der Waals surface area contributed by atoms with E-state index in [9.17, 15) is 0 Å². The predicted octanol–water partition coefficient (Wildman–Crippen LogP) is 3.37. The van der Waals surface area contributed by atoms with E-state index in [1.165, 1.54) is 12.0 Å². The maximum Gasteiger partial charge on any atom is 0.241 e. The van der Waals surface area contributed by atoms with Crippen molar-refractivity contribution in [3.8, 4) is 11.4 Å². The summed E-state index contributed by atoms with van der Waals surface area (Å²) in [6, 6.07) is 14.0. The lowest BCUT2D eigenvalue weighted by Gasteiger charge is -2.14. The molecular weight excluding hydrogens is 326 g/mol. The zero-order chi connectivity index (χ0) is 17.8. The van der Waals surface area contributed by atoms with Gasteiger partial charge in [0.15, 0.2) is 0 Å². The first kappa shape index (κ1) is 16.7. The summed E-state index contributed by atoms with van der Waals surface area (Å²) < 4.78 is 5.43. The number of benzene rings is 1. The second kappa shape index (κ2) is 7.66. The fourth-order valence-corrected chi connectivity index (χ4v) is 3.32. The minimum atomic E-state index is 0.605. The van der Waals surface area contributed by atoms with Crippen LogP contribution < -0.4 is 5.32 Å². The number of pyridine rings is 1. The summed E-state index contributed by atoms with van der Waals surface area (Å²) in [5.41, 5.74) is 2.21. The first-order valence-corrected chi connectivity index (χ1v) is 9.03. The number of anilines is 1. The van der Waals surface area contributed by atoms with Crippen molar-refractivity contribution in [2.75, 3.05) is 25.0 Å². The van der Waals surface area contributed by atoms with Gasteiger partial charge >= 0.3 is 0 Å². The summed E-state index contributed by atoms with van der Waals surface area (Å²) in [6.45, 7) is 5.81. The highest BCUT2D eigenvalue weighted by Crippen LogP contribution is 2.20. The van der Waals surface area contributed by atoms with E-state index >= 15 is 0 Å². The van der Waals surface area contributed by atoms with E-state index in [0.717, 1.165) is 31.0 Å². The number of aromatic nitrogens is 3. The Kier molecular flexibility index (Phi) is 4.93. The van der Waals surface area contributed by atoms with Crippen LogP contribution in [0.25, 0.3) is 11.4 Å². The molecule has 134 valence electrons.